The Hall–Kier alpha value is -1.10. The maximum atomic E-state index is 11.4. The summed E-state index contributed by atoms with van der Waals surface area (Å²) in [6, 6.07) is 0.208. The van der Waals surface area contributed by atoms with Gasteiger partial charge >= 0.3 is 0 Å². The summed E-state index contributed by atoms with van der Waals surface area (Å²) >= 11 is 0. The van der Waals surface area contributed by atoms with Gasteiger partial charge in [-0.25, -0.2) is 0 Å². The van der Waals surface area contributed by atoms with Crippen molar-refractivity contribution in [2.75, 3.05) is 13.1 Å². The summed E-state index contributed by atoms with van der Waals surface area (Å²) < 4.78 is 0. The smallest absolute Gasteiger partial charge is 0.233 e. The molecule has 0 atom stereocenters. The monoisotopic (exact) mass is 227 g/mol. The Morgan fingerprint density at radius 1 is 1.50 bits per heavy atom. The van der Waals surface area contributed by atoms with Crippen molar-refractivity contribution >= 4 is 11.8 Å². The van der Waals surface area contributed by atoms with Gasteiger partial charge in [0, 0.05) is 12.6 Å². The predicted octanol–water partition coefficient (Wildman–Crippen LogP) is -0.244. The summed E-state index contributed by atoms with van der Waals surface area (Å²) in [5, 5.41) is 5.66. The number of nitrogens with two attached hydrogens (primary N) is 1. The van der Waals surface area contributed by atoms with Gasteiger partial charge in [0.05, 0.1) is 12.0 Å². The van der Waals surface area contributed by atoms with Crippen LogP contribution in [0, 0.1) is 5.41 Å². The summed E-state index contributed by atoms with van der Waals surface area (Å²) in [7, 11) is 0. The molecule has 2 fully saturated rings. The zero-order valence-electron chi connectivity index (χ0n) is 8.71. The van der Waals surface area contributed by atoms with Crippen LogP contribution in [0.25, 0.3) is 0 Å². The molecule has 0 radical (unpaired) electrons. The lowest BCUT2D eigenvalue weighted by molar-refractivity contribution is -0.142. The number of amides is 2. The van der Waals surface area contributed by atoms with Crippen LogP contribution in [0.5, 0.6) is 0 Å². The molecule has 1 saturated heterocycles. The van der Waals surface area contributed by atoms with E-state index in [1.807, 2.05) is 0 Å². The zero-order valence-corrected chi connectivity index (χ0v) is 8.71. The fourth-order valence-electron chi connectivity index (χ4n) is 2.42. The van der Waals surface area contributed by atoms with E-state index in [0.29, 0.717) is 0 Å². The topological polar surface area (TPSA) is 84.2 Å². The molecular weight excluding hydrogens is 206 g/mol. The largest absolute Gasteiger partial charge is 0.354 e. The number of carbonyl (C=O) groups excluding carboxylic acids is 2. The van der Waals surface area contributed by atoms with Crippen LogP contribution in [0.15, 0.2) is 0 Å². The summed E-state index contributed by atoms with van der Waals surface area (Å²) in [4.78, 5) is 22.4. The van der Waals surface area contributed by atoms with Crippen LogP contribution < -0.4 is 16.4 Å². The van der Waals surface area contributed by atoms with Gasteiger partial charge in [0.25, 0.3) is 0 Å². The molecule has 0 bridgehead atoms. The Bertz CT molecular complexity index is 283. The molecule has 0 aromatic heterocycles. The van der Waals surface area contributed by atoms with Crippen molar-refractivity contribution in [3.8, 4) is 0 Å². The third kappa shape index (κ3) is 2.19. The van der Waals surface area contributed by atoms with Crippen LogP contribution in [-0.2, 0) is 9.59 Å². The molecule has 5 heteroatoms. The highest BCUT2D eigenvalue weighted by atomic mass is 16.2. The highest BCUT2D eigenvalue weighted by Crippen LogP contribution is 2.40. The molecule has 1 spiro atoms. The Balaban J connectivity index is 0.00000128. The van der Waals surface area contributed by atoms with E-state index in [0.717, 1.165) is 32.2 Å². The average Bonchev–Trinajstić information content (AvgIpc) is 2.28. The molecule has 2 amide bonds. The van der Waals surface area contributed by atoms with Gasteiger partial charge in [-0.15, -0.1) is 0 Å². The van der Waals surface area contributed by atoms with Crippen LogP contribution in [0.3, 0.4) is 0 Å². The normalized spacial score (nSPS) is 32.3. The van der Waals surface area contributed by atoms with Crippen LogP contribution in [-0.4, -0.2) is 30.9 Å². The third-order valence-corrected chi connectivity index (χ3v) is 3.56. The Morgan fingerprint density at radius 2 is 2.12 bits per heavy atom. The summed E-state index contributed by atoms with van der Waals surface area (Å²) in [5.41, 5.74) is 5.12. The standard InChI is InChI=1S/C10H17N3O2.CH4/c11-5-8(14)13-7-1-3-10(4-2-7)6-12-9(10)15;/h7H,1-6,11H2,(H,12,15)(H,13,14);1H4. The molecule has 2 aliphatic rings. The molecule has 0 aromatic rings. The first kappa shape index (κ1) is 13.0. The second-order valence-corrected chi connectivity index (χ2v) is 4.51. The van der Waals surface area contributed by atoms with E-state index in [9.17, 15) is 9.59 Å². The fourth-order valence-corrected chi connectivity index (χ4v) is 2.42. The van der Waals surface area contributed by atoms with Gasteiger partial charge < -0.3 is 16.4 Å². The first-order valence-corrected chi connectivity index (χ1v) is 5.44. The number of carbonyl (C=O) groups is 2. The van der Waals surface area contributed by atoms with Crippen LogP contribution in [0.2, 0.25) is 0 Å². The van der Waals surface area contributed by atoms with Crippen molar-refractivity contribution in [2.24, 2.45) is 11.1 Å². The average molecular weight is 227 g/mol. The van der Waals surface area contributed by atoms with E-state index in [1.54, 1.807) is 0 Å². The van der Waals surface area contributed by atoms with Crippen molar-refractivity contribution in [2.45, 2.75) is 39.2 Å². The van der Waals surface area contributed by atoms with Gasteiger partial charge in [-0.1, -0.05) is 7.43 Å². The van der Waals surface area contributed by atoms with Crippen molar-refractivity contribution in [3.05, 3.63) is 0 Å². The summed E-state index contributed by atoms with van der Waals surface area (Å²) in [6.07, 6.45) is 3.54. The minimum atomic E-state index is -0.107. The molecule has 5 nitrogen and oxygen atoms in total. The van der Waals surface area contributed by atoms with E-state index >= 15 is 0 Å². The van der Waals surface area contributed by atoms with Crippen molar-refractivity contribution in [1.29, 1.82) is 0 Å². The van der Waals surface area contributed by atoms with E-state index < -0.39 is 0 Å². The van der Waals surface area contributed by atoms with E-state index in [4.69, 9.17) is 5.73 Å². The lowest BCUT2D eigenvalue weighted by Crippen LogP contribution is -2.61. The minimum Gasteiger partial charge on any atom is -0.354 e. The third-order valence-electron chi connectivity index (χ3n) is 3.56. The van der Waals surface area contributed by atoms with E-state index in [1.165, 1.54) is 0 Å². The SMILES string of the molecule is C.NCC(=O)NC1CCC2(CC1)CNC2=O. The van der Waals surface area contributed by atoms with Crippen LogP contribution in [0.4, 0.5) is 0 Å². The molecule has 1 saturated carbocycles. The lowest BCUT2D eigenvalue weighted by atomic mass is 9.68. The van der Waals surface area contributed by atoms with Gasteiger partial charge in [0.2, 0.25) is 11.8 Å². The Kier molecular flexibility index (Phi) is 3.91. The fraction of sp³-hybridized carbons (Fsp3) is 0.818. The molecule has 1 heterocycles. The predicted molar refractivity (Wildman–Crippen MR) is 61.6 cm³/mol. The van der Waals surface area contributed by atoms with Crippen molar-refractivity contribution in [3.63, 3.8) is 0 Å². The highest BCUT2D eigenvalue weighted by molar-refractivity contribution is 5.88. The van der Waals surface area contributed by atoms with Crippen molar-refractivity contribution < 1.29 is 9.59 Å². The summed E-state index contributed by atoms with van der Waals surface area (Å²) in [6.45, 7) is 0.853. The molecule has 2 rings (SSSR count). The number of hydrogen-bond acceptors (Lipinski definition) is 3. The lowest BCUT2D eigenvalue weighted by Gasteiger charge is -2.45. The Morgan fingerprint density at radius 3 is 2.50 bits per heavy atom. The minimum absolute atomic E-state index is 0. The van der Waals surface area contributed by atoms with Gasteiger partial charge in [-0.3, -0.25) is 9.59 Å². The number of nitrogens with one attached hydrogen (secondary N) is 2. The molecule has 0 unspecified atom stereocenters. The maximum absolute atomic E-state index is 11.4. The molecule has 1 aliphatic carbocycles. The molecule has 1 aliphatic heterocycles. The first-order chi connectivity index (χ1) is 7.16. The molecular formula is C11H21N3O2. The molecule has 16 heavy (non-hydrogen) atoms. The molecule has 4 N–H and O–H groups in total. The number of rotatable bonds is 2. The van der Waals surface area contributed by atoms with Gasteiger partial charge in [0.1, 0.15) is 0 Å². The van der Waals surface area contributed by atoms with Gasteiger partial charge in [-0.05, 0) is 25.7 Å². The highest BCUT2D eigenvalue weighted by Gasteiger charge is 2.48. The van der Waals surface area contributed by atoms with E-state index in [2.05, 4.69) is 10.6 Å². The number of hydrogen-bond donors (Lipinski definition) is 3. The summed E-state index contributed by atoms with van der Waals surface area (Å²) in [5.74, 6) is 0.0834. The number of β-lactam (4-membered cyclic amide) rings is 1. The zero-order chi connectivity index (χ0) is 10.9. The van der Waals surface area contributed by atoms with Crippen molar-refractivity contribution in [1.82, 2.24) is 10.6 Å². The molecule has 92 valence electrons. The molecule has 0 aromatic carbocycles. The van der Waals surface area contributed by atoms with Gasteiger partial charge in [0.15, 0.2) is 0 Å². The van der Waals surface area contributed by atoms with Crippen LogP contribution in [0.1, 0.15) is 33.1 Å². The second-order valence-electron chi connectivity index (χ2n) is 4.51. The quantitative estimate of drug-likeness (QED) is 0.569. The van der Waals surface area contributed by atoms with E-state index in [-0.39, 0.29) is 37.2 Å². The van der Waals surface area contributed by atoms with Gasteiger partial charge in [-0.2, -0.15) is 0 Å². The first-order valence-electron chi connectivity index (χ1n) is 5.44. The second kappa shape index (κ2) is 4.82. The maximum Gasteiger partial charge on any atom is 0.233 e. The van der Waals surface area contributed by atoms with Crippen LogP contribution >= 0.6 is 0 Å². The Labute approximate surface area is 96.1 Å².